The van der Waals surface area contributed by atoms with E-state index in [2.05, 4.69) is 27.6 Å². The molecule has 1 aromatic heterocycles. The van der Waals surface area contributed by atoms with E-state index >= 15 is 0 Å². The molecule has 0 saturated heterocycles. The molecular weight excluding hydrogens is 313 g/mol. The van der Waals surface area contributed by atoms with Gasteiger partial charge >= 0.3 is 0 Å². The van der Waals surface area contributed by atoms with E-state index in [1.165, 1.54) is 3.57 Å². The zero-order chi connectivity index (χ0) is 11.4. The highest BCUT2D eigenvalue weighted by Gasteiger charge is 1.98. The van der Waals surface area contributed by atoms with Gasteiger partial charge in [-0.15, -0.1) is 0 Å². The third-order valence-corrected chi connectivity index (χ3v) is 2.80. The van der Waals surface area contributed by atoms with Crippen molar-refractivity contribution in [3.63, 3.8) is 0 Å². The van der Waals surface area contributed by atoms with Crippen LogP contribution in [0.1, 0.15) is 11.4 Å². The number of hydrogen-bond acceptors (Lipinski definition) is 2. The van der Waals surface area contributed by atoms with Gasteiger partial charge in [0.15, 0.2) is 0 Å². The lowest BCUT2D eigenvalue weighted by Crippen LogP contribution is -1.99. The van der Waals surface area contributed by atoms with Crippen LogP contribution in [-0.4, -0.2) is 4.98 Å². The summed E-state index contributed by atoms with van der Waals surface area (Å²) >= 11 is 2.27. The molecule has 82 valence electrons. The first kappa shape index (κ1) is 11.4. The second-order valence-electron chi connectivity index (χ2n) is 3.52. The van der Waals surface area contributed by atoms with Gasteiger partial charge in [0.05, 0.1) is 5.69 Å². The van der Waals surface area contributed by atoms with Crippen LogP contribution in [0.3, 0.4) is 0 Å². The van der Waals surface area contributed by atoms with Crippen LogP contribution in [0.5, 0.6) is 5.75 Å². The highest BCUT2D eigenvalue weighted by atomic mass is 127. The maximum absolute atomic E-state index is 5.66. The summed E-state index contributed by atoms with van der Waals surface area (Å²) in [5, 5.41) is 0. The van der Waals surface area contributed by atoms with E-state index < -0.39 is 0 Å². The van der Waals surface area contributed by atoms with Crippen LogP contribution >= 0.6 is 22.6 Å². The predicted molar refractivity (Wildman–Crippen MR) is 72.5 cm³/mol. The van der Waals surface area contributed by atoms with Crippen molar-refractivity contribution in [3.05, 3.63) is 57.4 Å². The Morgan fingerprint density at radius 3 is 2.75 bits per heavy atom. The van der Waals surface area contributed by atoms with E-state index in [1.54, 1.807) is 0 Å². The molecule has 0 aliphatic carbocycles. The fourth-order valence-electron chi connectivity index (χ4n) is 1.39. The van der Waals surface area contributed by atoms with Gasteiger partial charge in [0.25, 0.3) is 0 Å². The van der Waals surface area contributed by atoms with Gasteiger partial charge in [0.2, 0.25) is 0 Å². The molecule has 0 spiro atoms. The molecule has 0 saturated carbocycles. The minimum absolute atomic E-state index is 0.516. The highest BCUT2D eigenvalue weighted by molar-refractivity contribution is 14.1. The Morgan fingerprint density at radius 1 is 1.19 bits per heavy atom. The number of ether oxygens (including phenoxy) is 1. The van der Waals surface area contributed by atoms with Crippen molar-refractivity contribution in [3.8, 4) is 5.75 Å². The number of aromatic nitrogens is 1. The van der Waals surface area contributed by atoms with E-state index in [1.807, 2.05) is 49.4 Å². The van der Waals surface area contributed by atoms with Crippen LogP contribution in [0.2, 0.25) is 0 Å². The molecule has 1 heterocycles. The van der Waals surface area contributed by atoms with E-state index in [0.717, 1.165) is 17.1 Å². The van der Waals surface area contributed by atoms with Gasteiger partial charge in [-0.25, -0.2) is 0 Å². The molecule has 0 aliphatic heterocycles. The number of halogens is 1. The third kappa shape index (κ3) is 3.20. The Hall–Kier alpha value is -1.10. The van der Waals surface area contributed by atoms with Crippen LogP contribution in [0.4, 0.5) is 0 Å². The predicted octanol–water partition coefficient (Wildman–Crippen LogP) is 3.57. The number of aryl methyl sites for hydroxylation is 1. The van der Waals surface area contributed by atoms with Crippen LogP contribution in [-0.2, 0) is 6.61 Å². The molecule has 1 aromatic carbocycles. The maximum Gasteiger partial charge on any atom is 0.130 e. The minimum Gasteiger partial charge on any atom is -0.487 e. The van der Waals surface area contributed by atoms with E-state index in [4.69, 9.17) is 4.74 Å². The van der Waals surface area contributed by atoms with Gasteiger partial charge in [-0.05, 0) is 59.8 Å². The summed E-state index contributed by atoms with van der Waals surface area (Å²) in [5.74, 6) is 0.884. The molecule has 2 aromatic rings. The van der Waals surface area contributed by atoms with Crippen molar-refractivity contribution in [2.45, 2.75) is 13.5 Å². The molecule has 2 rings (SSSR count). The fraction of sp³-hybridized carbons (Fsp3) is 0.154. The summed E-state index contributed by atoms with van der Waals surface area (Å²) in [6.45, 7) is 2.50. The summed E-state index contributed by atoms with van der Waals surface area (Å²) in [6.07, 6.45) is 0. The molecular formula is C13H12INO. The van der Waals surface area contributed by atoms with Gasteiger partial charge in [-0.2, -0.15) is 0 Å². The van der Waals surface area contributed by atoms with Crippen molar-refractivity contribution in [1.82, 2.24) is 4.98 Å². The fourth-order valence-corrected chi connectivity index (χ4v) is 1.91. The first-order chi connectivity index (χ1) is 7.74. The molecule has 0 atom stereocenters. The Bertz CT molecular complexity index is 439. The Morgan fingerprint density at radius 2 is 2.00 bits per heavy atom. The number of hydrogen-bond donors (Lipinski definition) is 0. The molecule has 0 amide bonds. The Labute approximate surface area is 109 Å². The average molecular weight is 325 g/mol. The zero-order valence-corrected chi connectivity index (χ0v) is 11.1. The van der Waals surface area contributed by atoms with Gasteiger partial charge in [-0.3, -0.25) is 4.98 Å². The second kappa shape index (κ2) is 5.30. The van der Waals surface area contributed by atoms with Gasteiger partial charge in [-0.1, -0.05) is 12.1 Å². The van der Waals surface area contributed by atoms with Crippen LogP contribution in [0.25, 0.3) is 0 Å². The van der Waals surface area contributed by atoms with Crippen molar-refractivity contribution in [2.24, 2.45) is 0 Å². The first-order valence-corrected chi connectivity index (χ1v) is 6.13. The van der Waals surface area contributed by atoms with E-state index in [9.17, 15) is 0 Å². The molecule has 3 heteroatoms. The molecule has 0 aliphatic rings. The smallest absolute Gasteiger partial charge is 0.130 e. The molecule has 0 fully saturated rings. The summed E-state index contributed by atoms with van der Waals surface area (Å²) in [7, 11) is 0. The van der Waals surface area contributed by atoms with Gasteiger partial charge in [0, 0.05) is 9.26 Å². The van der Waals surface area contributed by atoms with Gasteiger partial charge in [0.1, 0.15) is 12.4 Å². The molecule has 16 heavy (non-hydrogen) atoms. The molecule has 0 N–H and O–H groups in total. The van der Waals surface area contributed by atoms with Crippen molar-refractivity contribution < 1.29 is 4.74 Å². The lowest BCUT2D eigenvalue weighted by molar-refractivity contribution is 0.301. The van der Waals surface area contributed by atoms with Gasteiger partial charge < -0.3 is 4.74 Å². The quantitative estimate of drug-likeness (QED) is 0.805. The van der Waals surface area contributed by atoms with Crippen molar-refractivity contribution in [2.75, 3.05) is 0 Å². The van der Waals surface area contributed by atoms with Crippen molar-refractivity contribution in [1.29, 1.82) is 0 Å². The lowest BCUT2D eigenvalue weighted by Gasteiger charge is -2.06. The topological polar surface area (TPSA) is 22.1 Å². The Balaban J connectivity index is 2.02. The SMILES string of the molecule is Cc1cccc(COc2cccc(I)c2)n1. The summed E-state index contributed by atoms with van der Waals surface area (Å²) in [5.41, 5.74) is 1.97. The normalized spacial score (nSPS) is 10.1. The molecule has 2 nitrogen and oxygen atoms in total. The van der Waals surface area contributed by atoms with Crippen LogP contribution < -0.4 is 4.74 Å². The lowest BCUT2D eigenvalue weighted by atomic mass is 10.3. The second-order valence-corrected chi connectivity index (χ2v) is 4.76. The number of pyridine rings is 1. The monoisotopic (exact) mass is 325 g/mol. The van der Waals surface area contributed by atoms with Crippen LogP contribution in [0.15, 0.2) is 42.5 Å². The maximum atomic E-state index is 5.66. The number of benzene rings is 1. The first-order valence-electron chi connectivity index (χ1n) is 5.05. The standard InChI is InChI=1S/C13H12INO/c1-10-4-2-6-12(15-10)9-16-13-7-3-5-11(14)8-13/h2-8H,9H2,1H3. The molecule has 0 unspecified atom stereocenters. The summed E-state index contributed by atoms with van der Waals surface area (Å²) < 4.78 is 6.83. The average Bonchev–Trinajstić information content (AvgIpc) is 2.27. The van der Waals surface area contributed by atoms with Crippen molar-refractivity contribution >= 4 is 22.6 Å². The molecule has 0 radical (unpaired) electrons. The van der Waals surface area contributed by atoms with Crippen LogP contribution in [0, 0.1) is 10.5 Å². The number of rotatable bonds is 3. The zero-order valence-electron chi connectivity index (χ0n) is 8.98. The van der Waals surface area contributed by atoms with E-state index in [-0.39, 0.29) is 0 Å². The Kier molecular flexibility index (Phi) is 3.77. The minimum atomic E-state index is 0.516. The number of nitrogens with zero attached hydrogens (tertiary/aromatic N) is 1. The largest absolute Gasteiger partial charge is 0.487 e. The molecule has 0 bridgehead atoms. The third-order valence-electron chi connectivity index (χ3n) is 2.13. The summed E-state index contributed by atoms with van der Waals surface area (Å²) in [6, 6.07) is 13.9. The highest BCUT2D eigenvalue weighted by Crippen LogP contribution is 2.15. The summed E-state index contributed by atoms with van der Waals surface area (Å²) in [4.78, 5) is 4.38. The van der Waals surface area contributed by atoms with E-state index in [0.29, 0.717) is 6.61 Å².